The summed E-state index contributed by atoms with van der Waals surface area (Å²) in [7, 11) is 0. The fraction of sp³-hybridized carbons (Fsp3) is 0.532. The van der Waals surface area contributed by atoms with Gasteiger partial charge in [0.15, 0.2) is 0 Å². The summed E-state index contributed by atoms with van der Waals surface area (Å²) < 4.78 is 13.5. The van der Waals surface area contributed by atoms with Gasteiger partial charge in [0.2, 0.25) is 0 Å². The molecule has 5 heterocycles. The van der Waals surface area contributed by atoms with E-state index in [1.165, 1.54) is 10.4 Å². The van der Waals surface area contributed by atoms with Gasteiger partial charge in [0, 0.05) is 41.4 Å². The monoisotopic (exact) mass is 888 g/mol. The van der Waals surface area contributed by atoms with E-state index in [0.717, 1.165) is 73.1 Å². The predicted molar refractivity (Wildman–Crippen MR) is 252 cm³/mol. The van der Waals surface area contributed by atoms with Crippen molar-refractivity contribution < 1.29 is 23.9 Å². The Morgan fingerprint density at radius 2 is 1.25 bits per heavy atom. The van der Waals surface area contributed by atoms with E-state index >= 15 is 0 Å². The van der Waals surface area contributed by atoms with Crippen LogP contribution in [0.2, 0.25) is 0 Å². The molecule has 2 aliphatic rings. The highest BCUT2D eigenvalue weighted by atomic mass is 32.1. The van der Waals surface area contributed by atoms with Gasteiger partial charge in [-0.1, -0.05) is 59.4 Å². The standard InChI is InChI=1S/C23H29N3O2S2.C14H25NO3.C9H6N2S.CH4/c1-6-13-12-14-18(21-25-15-10-8-9-11-17(15)29-21)20(24)30-19(14)16(7-2)26(13)22(27)28-23(3,4)5;1-6-10-8-12(16)9-11(7-2)15(10)13(17)18-14(3,4)5;10-6-5-9-11-7-3-1-2-4-8(7)12-9;/h8-11,13,16H,6-7,12,24H2,1-5H3;10-11H,6-9H2,1-5H3;1-4H,5H2;1H4. The minimum atomic E-state index is -0.519. The lowest BCUT2D eigenvalue weighted by atomic mass is 9.90. The first-order chi connectivity index (χ1) is 28.4. The zero-order valence-corrected chi connectivity index (χ0v) is 39.1. The largest absolute Gasteiger partial charge is 0.444 e. The Kier molecular flexibility index (Phi) is 16.9. The summed E-state index contributed by atoms with van der Waals surface area (Å²) in [6, 6.07) is 18.2. The molecule has 2 aliphatic heterocycles. The second kappa shape index (κ2) is 21.0. The van der Waals surface area contributed by atoms with Crippen LogP contribution in [0.1, 0.15) is 137 Å². The van der Waals surface area contributed by atoms with Crippen molar-refractivity contribution in [1.82, 2.24) is 19.8 Å². The Morgan fingerprint density at radius 3 is 1.72 bits per heavy atom. The van der Waals surface area contributed by atoms with Crippen molar-refractivity contribution in [3.8, 4) is 16.6 Å². The number of aromatic nitrogens is 2. The number of thiophene rings is 1. The lowest BCUT2D eigenvalue weighted by Crippen LogP contribution is -2.53. The summed E-state index contributed by atoms with van der Waals surface area (Å²) in [6.07, 6.45) is 4.88. The van der Waals surface area contributed by atoms with Crippen LogP contribution in [0.3, 0.4) is 0 Å². The maximum absolute atomic E-state index is 13.1. The molecule has 4 atom stereocenters. The summed E-state index contributed by atoms with van der Waals surface area (Å²) in [5.41, 5.74) is 9.86. The maximum atomic E-state index is 13.1. The van der Waals surface area contributed by atoms with Crippen molar-refractivity contribution in [2.24, 2.45) is 0 Å². The molecule has 2 amide bonds. The number of nitrogens with zero attached hydrogens (tertiary/aromatic N) is 5. The number of amides is 2. The van der Waals surface area contributed by atoms with E-state index in [1.54, 1.807) is 38.9 Å². The van der Waals surface area contributed by atoms with Crippen molar-refractivity contribution in [3.05, 3.63) is 64.0 Å². The Balaban J connectivity index is 0.000000224. The number of rotatable bonds is 6. The average molecular weight is 889 g/mol. The second-order valence-electron chi connectivity index (χ2n) is 17.1. The third-order valence-electron chi connectivity index (χ3n) is 10.3. The summed E-state index contributed by atoms with van der Waals surface area (Å²) in [4.78, 5) is 51.1. The molecule has 1 fully saturated rings. The van der Waals surface area contributed by atoms with Crippen LogP contribution in [0, 0.1) is 11.3 Å². The first-order valence-electron chi connectivity index (χ1n) is 20.9. The number of carbonyl (C=O) groups is 3. The van der Waals surface area contributed by atoms with E-state index in [2.05, 4.69) is 31.0 Å². The van der Waals surface area contributed by atoms with E-state index in [9.17, 15) is 14.4 Å². The smallest absolute Gasteiger partial charge is 0.411 e. The van der Waals surface area contributed by atoms with Crippen molar-refractivity contribution in [3.63, 3.8) is 0 Å². The van der Waals surface area contributed by atoms with Crippen LogP contribution in [0.4, 0.5) is 14.6 Å². The minimum Gasteiger partial charge on any atom is -0.444 e. The Bertz CT molecular complexity index is 2230. The number of anilines is 1. The Labute approximate surface area is 374 Å². The van der Waals surface area contributed by atoms with Gasteiger partial charge < -0.3 is 20.1 Å². The van der Waals surface area contributed by atoms with E-state index in [1.807, 2.05) is 103 Å². The third kappa shape index (κ3) is 12.1. The van der Waals surface area contributed by atoms with Gasteiger partial charge in [-0.25, -0.2) is 19.6 Å². The molecule has 4 unspecified atom stereocenters. The molecule has 3 aromatic heterocycles. The van der Waals surface area contributed by atoms with E-state index in [4.69, 9.17) is 25.5 Å². The number of fused-ring (bicyclic) bond motifs is 3. The van der Waals surface area contributed by atoms with Crippen LogP contribution in [0.5, 0.6) is 0 Å². The van der Waals surface area contributed by atoms with Gasteiger partial charge >= 0.3 is 12.2 Å². The molecule has 2 aromatic carbocycles. The zero-order valence-electron chi connectivity index (χ0n) is 36.7. The number of benzene rings is 2. The van der Waals surface area contributed by atoms with Crippen LogP contribution in [-0.2, 0) is 27.1 Å². The number of likely N-dealkylation sites (tertiary alicyclic amines) is 1. The van der Waals surface area contributed by atoms with E-state index < -0.39 is 11.2 Å². The number of Topliss-reactive ketones (excluding diaryl/α,β-unsaturated/α-hetero) is 1. The number of hydrogen-bond donors (Lipinski definition) is 1. The maximum Gasteiger partial charge on any atom is 0.411 e. The van der Waals surface area contributed by atoms with Gasteiger partial charge in [-0.05, 0) is 103 Å². The number of hydrogen-bond acceptors (Lipinski definition) is 12. The van der Waals surface area contributed by atoms with Gasteiger partial charge in [-0.15, -0.1) is 34.0 Å². The van der Waals surface area contributed by atoms with Gasteiger partial charge in [0.25, 0.3) is 0 Å². The summed E-state index contributed by atoms with van der Waals surface area (Å²) in [5.74, 6) is 0.258. The number of nitriles is 1. The number of ketones is 1. The molecule has 2 N–H and O–H groups in total. The SMILES string of the molecule is C.CCC1CC(=O)CC(CC)N1C(=O)OC(C)(C)C.CCC1Cc2c(sc(N)c2-c2nc3ccccc3s2)C(CC)N1C(=O)OC(C)(C)C.N#CCc1nc2ccccc2s1. The summed E-state index contributed by atoms with van der Waals surface area (Å²) in [6.45, 7) is 19.6. The van der Waals surface area contributed by atoms with Gasteiger partial charge in [-0.3, -0.25) is 9.69 Å². The number of nitrogen functional groups attached to an aromatic ring is 1. The molecule has 11 nitrogen and oxygen atoms in total. The molecule has 14 heteroatoms. The van der Waals surface area contributed by atoms with E-state index in [0.29, 0.717) is 19.3 Å². The Morgan fingerprint density at radius 1 is 0.754 bits per heavy atom. The zero-order chi connectivity index (χ0) is 43.9. The molecule has 0 saturated carbocycles. The summed E-state index contributed by atoms with van der Waals surface area (Å²) in [5, 5.41) is 11.1. The topological polar surface area (TPSA) is 152 Å². The van der Waals surface area contributed by atoms with Crippen LogP contribution in [0.25, 0.3) is 31.0 Å². The number of carbonyl (C=O) groups excluding carboxylic acids is 3. The fourth-order valence-corrected chi connectivity index (χ4v) is 11.0. The number of thiazole rings is 2. The Hall–Kier alpha value is -4.58. The molecular weight excluding hydrogens is 825 g/mol. The minimum absolute atomic E-state index is 0. The van der Waals surface area contributed by atoms with Crippen molar-refractivity contribution in [2.75, 3.05) is 5.73 Å². The predicted octanol–water partition coefficient (Wildman–Crippen LogP) is 12.8. The fourth-order valence-electron chi connectivity index (χ4n) is 7.68. The quantitative estimate of drug-likeness (QED) is 0.176. The van der Waals surface area contributed by atoms with E-state index in [-0.39, 0.29) is 49.6 Å². The normalized spacial score (nSPS) is 18.8. The first kappa shape index (κ1) is 49.1. The molecule has 0 radical (unpaired) electrons. The number of para-hydroxylation sites is 2. The van der Waals surface area contributed by atoms with Crippen LogP contribution >= 0.6 is 34.0 Å². The van der Waals surface area contributed by atoms with Crippen LogP contribution in [-0.4, -0.2) is 67.1 Å². The number of ether oxygens (including phenoxy) is 2. The molecule has 0 spiro atoms. The molecular formula is C47H64N6O5S3. The van der Waals surface area contributed by atoms with Crippen LogP contribution in [0.15, 0.2) is 48.5 Å². The highest BCUT2D eigenvalue weighted by Gasteiger charge is 2.42. The molecule has 0 aliphatic carbocycles. The van der Waals surface area contributed by atoms with Gasteiger partial charge in [0.1, 0.15) is 27.0 Å². The van der Waals surface area contributed by atoms with Gasteiger partial charge in [0.05, 0.1) is 44.0 Å². The van der Waals surface area contributed by atoms with Crippen molar-refractivity contribution in [2.45, 2.75) is 163 Å². The summed E-state index contributed by atoms with van der Waals surface area (Å²) >= 11 is 4.87. The molecule has 61 heavy (non-hydrogen) atoms. The lowest BCUT2D eigenvalue weighted by molar-refractivity contribution is -0.125. The van der Waals surface area contributed by atoms with Crippen molar-refractivity contribution in [1.29, 1.82) is 5.26 Å². The highest BCUT2D eigenvalue weighted by molar-refractivity contribution is 7.22. The molecule has 1 saturated heterocycles. The van der Waals surface area contributed by atoms with Gasteiger partial charge in [-0.2, -0.15) is 5.26 Å². The van der Waals surface area contributed by atoms with Crippen LogP contribution < -0.4 is 5.73 Å². The van der Waals surface area contributed by atoms with Crippen molar-refractivity contribution >= 4 is 77.4 Å². The number of piperidine rings is 1. The third-order valence-corrected chi connectivity index (χ3v) is 13.6. The molecule has 330 valence electrons. The highest BCUT2D eigenvalue weighted by Crippen LogP contribution is 2.50. The first-order valence-corrected chi connectivity index (χ1v) is 23.4. The molecule has 0 bridgehead atoms. The lowest BCUT2D eigenvalue weighted by Gasteiger charge is -2.42. The molecule has 7 rings (SSSR count). The average Bonchev–Trinajstić information content (AvgIpc) is 3.89. The number of nitrogens with two attached hydrogens (primary N) is 1. The molecule has 5 aromatic rings. The second-order valence-corrected chi connectivity index (χ2v) is 20.3.